The predicted molar refractivity (Wildman–Crippen MR) is 53.8 cm³/mol. The van der Waals surface area contributed by atoms with Crippen molar-refractivity contribution in [2.24, 2.45) is 0 Å². The van der Waals surface area contributed by atoms with E-state index in [4.69, 9.17) is 0 Å². The number of methoxy groups -OCH3 is 1. The van der Waals surface area contributed by atoms with Crippen molar-refractivity contribution in [3.8, 4) is 5.75 Å². The molecule has 106 valence electrons. The second kappa shape index (κ2) is 5.85. The minimum absolute atomic E-state index is 0.318. The van der Waals surface area contributed by atoms with Gasteiger partial charge in [-0.2, -0.15) is 0 Å². The van der Waals surface area contributed by atoms with E-state index in [0.29, 0.717) is 0 Å². The molecule has 8 heteroatoms. The highest BCUT2D eigenvalue weighted by atomic mass is 19.4. The third-order valence-corrected chi connectivity index (χ3v) is 2.14. The molecule has 0 bridgehead atoms. The highest BCUT2D eigenvalue weighted by Gasteiger charge is 2.34. The van der Waals surface area contributed by atoms with Gasteiger partial charge >= 0.3 is 12.3 Å². The molecule has 0 aromatic heterocycles. The molecule has 0 heterocycles. The Morgan fingerprint density at radius 3 is 2.42 bits per heavy atom. The maximum absolute atomic E-state index is 12.6. The molecule has 0 aliphatic rings. The first kappa shape index (κ1) is 15.2. The Morgan fingerprint density at radius 2 is 1.95 bits per heavy atom. The van der Waals surface area contributed by atoms with Crippen LogP contribution in [-0.2, 0) is 16.0 Å². The summed E-state index contributed by atoms with van der Waals surface area (Å²) in [7, 11) is 1.03. The first-order chi connectivity index (χ1) is 8.74. The topological polar surface area (TPSA) is 35.5 Å². The fraction of sp³-hybridized carbons (Fsp3) is 0.364. The van der Waals surface area contributed by atoms with E-state index in [9.17, 15) is 26.7 Å². The summed E-state index contributed by atoms with van der Waals surface area (Å²) >= 11 is 0. The lowest BCUT2D eigenvalue weighted by molar-refractivity contribution is -0.275. The van der Waals surface area contributed by atoms with Gasteiger partial charge in [0, 0.05) is 5.56 Å². The first-order valence-corrected chi connectivity index (χ1v) is 4.97. The van der Waals surface area contributed by atoms with Gasteiger partial charge in [0.25, 0.3) is 6.43 Å². The maximum Gasteiger partial charge on any atom is 0.573 e. The minimum atomic E-state index is -5.13. The second-order valence-electron chi connectivity index (χ2n) is 3.44. The van der Waals surface area contributed by atoms with E-state index in [1.54, 1.807) is 0 Å². The van der Waals surface area contributed by atoms with Crippen molar-refractivity contribution in [3.63, 3.8) is 0 Å². The fourth-order valence-electron chi connectivity index (χ4n) is 1.38. The molecule has 1 rings (SSSR count). The molecule has 3 nitrogen and oxygen atoms in total. The van der Waals surface area contributed by atoms with Crippen LogP contribution in [0.3, 0.4) is 0 Å². The zero-order chi connectivity index (χ0) is 14.6. The van der Waals surface area contributed by atoms with Crippen LogP contribution in [0.2, 0.25) is 0 Å². The summed E-state index contributed by atoms with van der Waals surface area (Å²) in [4.78, 5) is 11.0. The van der Waals surface area contributed by atoms with Crippen molar-refractivity contribution in [1.82, 2.24) is 0 Å². The van der Waals surface area contributed by atoms with Gasteiger partial charge in [0.2, 0.25) is 0 Å². The molecule has 0 radical (unpaired) electrons. The Bertz CT molecular complexity index is 456. The lowest BCUT2D eigenvalue weighted by Gasteiger charge is -2.16. The summed E-state index contributed by atoms with van der Waals surface area (Å²) in [6.07, 6.45) is -8.88. The summed E-state index contributed by atoms with van der Waals surface area (Å²) in [5.41, 5.74) is -1.25. The molecule has 0 aliphatic heterocycles. The largest absolute Gasteiger partial charge is 0.573 e. The van der Waals surface area contributed by atoms with E-state index in [1.807, 2.05) is 0 Å². The van der Waals surface area contributed by atoms with Gasteiger partial charge < -0.3 is 9.47 Å². The number of alkyl halides is 5. The van der Waals surface area contributed by atoms with Crippen LogP contribution < -0.4 is 4.74 Å². The quantitative estimate of drug-likeness (QED) is 0.629. The van der Waals surface area contributed by atoms with Crippen molar-refractivity contribution >= 4 is 5.97 Å². The Labute approximate surface area is 104 Å². The summed E-state index contributed by atoms with van der Waals surface area (Å²) in [6, 6.07) is 3.00. The summed E-state index contributed by atoms with van der Waals surface area (Å²) < 4.78 is 69.7. The van der Waals surface area contributed by atoms with Crippen LogP contribution in [0.25, 0.3) is 0 Å². The average Bonchev–Trinajstić information content (AvgIpc) is 2.28. The number of carbonyl (C=O) groups excluding carboxylic acids is 1. The van der Waals surface area contributed by atoms with Gasteiger partial charge in [0.1, 0.15) is 5.75 Å². The van der Waals surface area contributed by atoms with E-state index >= 15 is 0 Å². The van der Waals surface area contributed by atoms with E-state index in [1.165, 1.54) is 0 Å². The predicted octanol–water partition coefficient (Wildman–Crippen LogP) is 3.24. The lowest BCUT2D eigenvalue weighted by Crippen LogP contribution is -2.20. The van der Waals surface area contributed by atoms with Crippen LogP contribution in [0.15, 0.2) is 18.2 Å². The SMILES string of the molecule is COC(=O)Cc1cccc(C(F)F)c1OC(F)(F)F. The molecule has 0 saturated heterocycles. The number of hydrogen-bond donors (Lipinski definition) is 0. The molecular weight excluding hydrogens is 275 g/mol. The minimum Gasteiger partial charge on any atom is -0.469 e. The molecule has 0 spiro atoms. The van der Waals surface area contributed by atoms with E-state index in [-0.39, 0.29) is 5.56 Å². The standard InChI is InChI=1S/C11H9F5O3/c1-18-8(17)5-6-3-2-4-7(10(12)13)9(6)19-11(14,15)16/h2-4,10H,5H2,1H3. The third-order valence-electron chi connectivity index (χ3n) is 2.14. The zero-order valence-electron chi connectivity index (χ0n) is 9.63. The molecule has 0 aliphatic carbocycles. The monoisotopic (exact) mass is 284 g/mol. The van der Waals surface area contributed by atoms with Crippen LogP contribution in [0, 0.1) is 0 Å². The normalized spacial score (nSPS) is 11.5. The molecule has 0 fully saturated rings. The number of ether oxygens (including phenoxy) is 2. The van der Waals surface area contributed by atoms with Gasteiger partial charge in [-0.15, -0.1) is 13.2 Å². The highest BCUT2D eigenvalue weighted by Crippen LogP contribution is 2.36. The molecule has 0 saturated carbocycles. The summed E-state index contributed by atoms with van der Waals surface area (Å²) in [5, 5.41) is 0. The second-order valence-corrected chi connectivity index (χ2v) is 3.44. The Hall–Kier alpha value is -1.86. The maximum atomic E-state index is 12.6. The first-order valence-electron chi connectivity index (χ1n) is 4.97. The van der Waals surface area contributed by atoms with Crippen LogP contribution in [-0.4, -0.2) is 19.4 Å². The van der Waals surface area contributed by atoms with Gasteiger partial charge in [0.15, 0.2) is 0 Å². The zero-order valence-corrected chi connectivity index (χ0v) is 9.63. The number of para-hydroxylation sites is 1. The molecule has 1 aromatic rings. The van der Waals surface area contributed by atoms with Crippen molar-refractivity contribution in [2.75, 3.05) is 7.11 Å². The van der Waals surface area contributed by atoms with Crippen LogP contribution in [0.1, 0.15) is 17.6 Å². The number of carbonyl (C=O) groups is 1. The average molecular weight is 284 g/mol. The molecule has 0 atom stereocenters. The van der Waals surface area contributed by atoms with Crippen molar-refractivity contribution in [2.45, 2.75) is 19.2 Å². The summed E-state index contributed by atoms with van der Waals surface area (Å²) in [5.74, 6) is -1.92. The van der Waals surface area contributed by atoms with Crippen molar-refractivity contribution < 1.29 is 36.2 Å². The number of esters is 1. The van der Waals surface area contributed by atoms with Gasteiger partial charge in [0.05, 0.1) is 19.1 Å². The van der Waals surface area contributed by atoms with Crippen LogP contribution >= 0.6 is 0 Å². The van der Waals surface area contributed by atoms with Crippen molar-refractivity contribution in [1.29, 1.82) is 0 Å². The number of benzene rings is 1. The number of hydrogen-bond acceptors (Lipinski definition) is 3. The number of halogens is 5. The van der Waals surface area contributed by atoms with E-state index in [2.05, 4.69) is 9.47 Å². The lowest BCUT2D eigenvalue weighted by atomic mass is 10.1. The van der Waals surface area contributed by atoms with E-state index in [0.717, 1.165) is 25.3 Å². The van der Waals surface area contributed by atoms with Gasteiger partial charge in [-0.25, -0.2) is 8.78 Å². The van der Waals surface area contributed by atoms with Crippen LogP contribution in [0.4, 0.5) is 22.0 Å². The third kappa shape index (κ3) is 4.38. The molecule has 0 unspecified atom stereocenters. The van der Waals surface area contributed by atoms with Gasteiger partial charge in [-0.1, -0.05) is 12.1 Å². The Morgan fingerprint density at radius 1 is 1.32 bits per heavy atom. The molecule has 0 N–H and O–H groups in total. The molecule has 0 amide bonds. The van der Waals surface area contributed by atoms with Gasteiger partial charge in [-0.3, -0.25) is 4.79 Å². The van der Waals surface area contributed by atoms with Gasteiger partial charge in [-0.05, 0) is 6.07 Å². The molecule has 1 aromatic carbocycles. The molecule has 19 heavy (non-hydrogen) atoms. The Balaban J connectivity index is 3.21. The highest BCUT2D eigenvalue weighted by molar-refractivity contribution is 5.73. The summed E-state index contributed by atoms with van der Waals surface area (Å²) in [6.45, 7) is 0. The van der Waals surface area contributed by atoms with E-state index < -0.39 is 36.5 Å². The fourth-order valence-corrected chi connectivity index (χ4v) is 1.38. The van der Waals surface area contributed by atoms with Crippen molar-refractivity contribution in [3.05, 3.63) is 29.3 Å². The number of rotatable bonds is 4. The smallest absolute Gasteiger partial charge is 0.469 e. The Kier molecular flexibility index (Phi) is 4.68. The molecular formula is C11H9F5O3. The van der Waals surface area contributed by atoms with Crippen LogP contribution in [0.5, 0.6) is 5.75 Å².